The predicted molar refractivity (Wildman–Crippen MR) is 94.4 cm³/mol. The Balaban J connectivity index is 1.62. The molecule has 0 amide bonds. The van der Waals surface area contributed by atoms with Gasteiger partial charge in [0.25, 0.3) is 0 Å². The first-order chi connectivity index (χ1) is 14.2. The fourth-order valence-electron chi connectivity index (χ4n) is 3.09. The van der Waals surface area contributed by atoms with E-state index in [1.165, 1.54) is 24.3 Å². The third-order valence-corrected chi connectivity index (χ3v) is 5.03. The van der Waals surface area contributed by atoms with Gasteiger partial charge in [0.05, 0.1) is 25.4 Å². The van der Waals surface area contributed by atoms with E-state index in [0.29, 0.717) is 0 Å². The molecule has 0 unspecified atom stereocenters. The standard InChI is InChI=1S/C18H24O12/c19-6-18(26)7-28-17(14(18)23)27-5-10-11(20)12(21)13(22)16(30-10)29-9-3-1-8(2-4-9)15(24)25/h1-4,10-14,16-17,19-23,26H,5-7H2,(H,24,25)/t10-,11+,12-,13-,14-,16-,17+,18-/m0/s1. The van der Waals surface area contributed by atoms with Crippen molar-refractivity contribution in [3.63, 3.8) is 0 Å². The van der Waals surface area contributed by atoms with Crippen molar-refractivity contribution in [3.8, 4) is 5.75 Å². The van der Waals surface area contributed by atoms with Crippen LogP contribution in [-0.4, -0.2) is 110 Å². The highest BCUT2D eigenvalue weighted by Crippen LogP contribution is 2.28. The number of aromatic carboxylic acids is 1. The molecular formula is C18H24O12. The minimum atomic E-state index is -1.89. The Labute approximate surface area is 170 Å². The van der Waals surface area contributed by atoms with Gasteiger partial charge in [0.1, 0.15) is 41.9 Å². The maximum Gasteiger partial charge on any atom is 0.335 e. The molecule has 3 rings (SSSR count). The molecule has 12 heteroatoms. The minimum absolute atomic E-state index is 0.0205. The maximum absolute atomic E-state index is 10.9. The molecule has 1 aromatic rings. The first kappa shape index (κ1) is 22.8. The topological polar surface area (TPSA) is 196 Å². The smallest absolute Gasteiger partial charge is 0.335 e. The van der Waals surface area contributed by atoms with E-state index in [0.717, 1.165) is 0 Å². The Morgan fingerprint density at radius 3 is 2.30 bits per heavy atom. The summed E-state index contributed by atoms with van der Waals surface area (Å²) in [6.07, 6.45) is -10.3. The second-order valence-electron chi connectivity index (χ2n) is 7.18. The van der Waals surface area contributed by atoms with Crippen LogP contribution in [0.2, 0.25) is 0 Å². The molecule has 8 atom stereocenters. The van der Waals surface area contributed by atoms with E-state index in [1.54, 1.807) is 0 Å². The lowest BCUT2D eigenvalue weighted by atomic mass is 9.99. The number of hydrogen-bond acceptors (Lipinski definition) is 11. The van der Waals surface area contributed by atoms with Gasteiger partial charge in [-0.2, -0.15) is 0 Å². The Bertz CT molecular complexity index is 726. The van der Waals surface area contributed by atoms with Gasteiger partial charge in [-0.25, -0.2) is 4.79 Å². The van der Waals surface area contributed by atoms with Gasteiger partial charge in [-0.1, -0.05) is 0 Å². The van der Waals surface area contributed by atoms with Gasteiger partial charge in [0, 0.05) is 0 Å². The lowest BCUT2D eigenvalue weighted by Gasteiger charge is -2.40. The summed E-state index contributed by atoms with van der Waals surface area (Å²) >= 11 is 0. The number of carbonyl (C=O) groups is 1. The van der Waals surface area contributed by atoms with Gasteiger partial charge in [0.15, 0.2) is 6.29 Å². The molecule has 2 aliphatic heterocycles. The van der Waals surface area contributed by atoms with Crippen molar-refractivity contribution in [3.05, 3.63) is 29.8 Å². The highest BCUT2D eigenvalue weighted by molar-refractivity contribution is 5.87. The van der Waals surface area contributed by atoms with Crippen LogP contribution in [0.5, 0.6) is 5.75 Å². The highest BCUT2D eigenvalue weighted by atomic mass is 16.7. The summed E-state index contributed by atoms with van der Waals surface area (Å²) in [5.41, 5.74) is -1.87. The minimum Gasteiger partial charge on any atom is -0.478 e. The van der Waals surface area contributed by atoms with Gasteiger partial charge < -0.3 is 54.7 Å². The van der Waals surface area contributed by atoms with Crippen LogP contribution in [0.4, 0.5) is 0 Å². The first-order valence-electron chi connectivity index (χ1n) is 9.10. The number of hydrogen-bond donors (Lipinski definition) is 7. The monoisotopic (exact) mass is 432 g/mol. The van der Waals surface area contributed by atoms with E-state index in [4.69, 9.17) is 29.2 Å². The summed E-state index contributed by atoms with van der Waals surface area (Å²) in [4.78, 5) is 10.9. The molecule has 7 N–H and O–H groups in total. The van der Waals surface area contributed by atoms with E-state index in [2.05, 4.69) is 0 Å². The van der Waals surface area contributed by atoms with Crippen LogP contribution < -0.4 is 4.74 Å². The van der Waals surface area contributed by atoms with Crippen molar-refractivity contribution >= 4 is 5.97 Å². The lowest BCUT2D eigenvalue weighted by Crippen LogP contribution is -2.60. The Kier molecular flexibility index (Phi) is 6.91. The molecule has 2 saturated heterocycles. The summed E-state index contributed by atoms with van der Waals surface area (Å²) in [7, 11) is 0. The molecule has 30 heavy (non-hydrogen) atoms. The van der Waals surface area contributed by atoms with Crippen molar-refractivity contribution in [1.29, 1.82) is 0 Å². The van der Waals surface area contributed by atoms with Crippen molar-refractivity contribution in [2.24, 2.45) is 0 Å². The summed E-state index contributed by atoms with van der Waals surface area (Å²) in [5, 5.41) is 68.4. The van der Waals surface area contributed by atoms with Crippen LogP contribution in [-0.2, 0) is 14.2 Å². The summed E-state index contributed by atoms with van der Waals surface area (Å²) in [6.45, 7) is -1.53. The van der Waals surface area contributed by atoms with Gasteiger partial charge in [0.2, 0.25) is 6.29 Å². The van der Waals surface area contributed by atoms with E-state index < -0.39 is 67.9 Å². The largest absolute Gasteiger partial charge is 0.478 e. The van der Waals surface area contributed by atoms with E-state index in [1.807, 2.05) is 0 Å². The number of benzene rings is 1. The zero-order valence-electron chi connectivity index (χ0n) is 15.6. The predicted octanol–water partition coefficient (Wildman–Crippen LogP) is -2.97. The van der Waals surface area contributed by atoms with Gasteiger partial charge in [-0.05, 0) is 24.3 Å². The van der Waals surface area contributed by atoms with Gasteiger partial charge in [-0.15, -0.1) is 0 Å². The lowest BCUT2D eigenvalue weighted by molar-refractivity contribution is -0.289. The van der Waals surface area contributed by atoms with Gasteiger partial charge in [-0.3, -0.25) is 0 Å². The molecule has 1 aromatic carbocycles. The van der Waals surface area contributed by atoms with Crippen molar-refractivity contribution in [2.45, 2.75) is 48.7 Å². The third kappa shape index (κ3) is 4.56. The van der Waals surface area contributed by atoms with Crippen molar-refractivity contribution in [2.75, 3.05) is 19.8 Å². The number of carboxylic acids is 1. The van der Waals surface area contributed by atoms with Crippen LogP contribution in [0.1, 0.15) is 10.4 Å². The van der Waals surface area contributed by atoms with Crippen LogP contribution in [0, 0.1) is 0 Å². The Morgan fingerprint density at radius 2 is 1.73 bits per heavy atom. The maximum atomic E-state index is 10.9. The van der Waals surface area contributed by atoms with Crippen LogP contribution in [0.3, 0.4) is 0 Å². The Morgan fingerprint density at radius 1 is 1.07 bits per heavy atom. The second-order valence-corrected chi connectivity index (χ2v) is 7.18. The van der Waals surface area contributed by atoms with Crippen LogP contribution in [0.25, 0.3) is 0 Å². The number of ether oxygens (including phenoxy) is 4. The average molecular weight is 432 g/mol. The van der Waals surface area contributed by atoms with Gasteiger partial charge >= 0.3 is 5.97 Å². The number of aliphatic hydroxyl groups is 6. The molecule has 2 fully saturated rings. The second kappa shape index (κ2) is 9.09. The van der Waals surface area contributed by atoms with E-state index in [9.17, 15) is 30.3 Å². The van der Waals surface area contributed by atoms with Crippen LogP contribution >= 0.6 is 0 Å². The fourth-order valence-corrected chi connectivity index (χ4v) is 3.09. The number of rotatable bonds is 7. The molecule has 0 aliphatic carbocycles. The van der Waals surface area contributed by atoms with E-state index >= 15 is 0 Å². The number of carboxylic acid groups (broad SMARTS) is 1. The molecule has 168 valence electrons. The SMILES string of the molecule is O=C(O)c1ccc(O[C@H]2O[C@@H](CO[C@@H]3OC[C@@](O)(CO)[C@H]3O)[C@@H](O)[C@H](O)[C@@H]2O)cc1. The zero-order valence-corrected chi connectivity index (χ0v) is 15.6. The molecule has 12 nitrogen and oxygen atoms in total. The molecule has 0 bridgehead atoms. The molecule has 0 spiro atoms. The molecule has 0 saturated carbocycles. The van der Waals surface area contributed by atoms with Crippen molar-refractivity contribution in [1.82, 2.24) is 0 Å². The quantitative estimate of drug-likeness (QED) is 0.231. The average Bonchev–Trinajstić information content (AvgIpc) is 3.02. The summed E-state index contributed by atoms with van der Waals surface area (Å²) in [6, 6.07) is 5.22. The number of aliphatic hydroxyl groups excluding tert-OH is 5. The van der Waals surface area contributed by atoms with Crippen LogP contribution in [0.15, 0.2) is 24.3 Å². The Hall–Kier alpha value is -1.87. The molecule has 0 aromatic heterocycles. The highest BCUT2D eigenvalue weighted by Gasteiger charge is 2.50. The third-order valence-electron chi connectivity index (χ3n) is 5.03. The van der Waals surface area contributed by atoms with E-state index in [-0.39, 0.29) is 17.9 Å². The van der Waals surface area contributed by atoms with Crippen molar-refractivity contribution < 1.29 is 59.5 Å². The summed E-state index contributed by atoms with van der Waals surface area (Å²) < 4.78 is 21.3. The molecule has 2 heterocycles. The summed E-state index contributed by atoms with van der Waals surface area (Å²) in [5.74, 6) is -0.981. The normalized spacial score (nSPS) is 39.1. The molecule has 0 radical (unpaired) electrons. The first-order valence-corrected chi connectivity index (χ1v) is 9.10. The zero-order chi connectivity index (χ0) is 22.1. The fraction of sp³-hybridized carbons (Fsp3) is 0.611. The molecule has 2 aliphatic rings. The molecular weight excluding hydrogens is 408 g/mol.